The number of hydrogen-bond donors (Lipinski definition) is 0. The van der Waals surface area contributed by atoms with Gasteiger partial charge in [0.25, 0.3) is 0 Å². The fourth-order valence-electron chi connectivity index (χ4n) is 3.00. The monoisotopic (exact) mass is 247 g/mol. The van der Waals surface area contributed by atoms with Crippen LogP contribution in [0.2, 0.25) is 0 Å². The van der Waals surface area contributed by atoms with Gasteiger partial charge < -0.3 is 5.21 Å². The van der Waals surface area contributed by atoms with Crippen LogP contribution >= 0.6 is 0 Å². The second-order valence-electron chi connectivity index (χ2n) is 5.53. The maximum absolute atomic E-state index is 12.4. The van der Waals surface area contributed by atoms with E-state index in [1.165, 1.54) is 49.7 Å². The van der Waals surface area contributed by atoms with Crippen LogP contribution in [0.15, 0.2) is 18.2 Å². The van der Waals surface area contributed by atoms with Crippen LogP contribution in [0.5, 0.6) is 0 Å². The molecule has 0 radical (unpaired) electrons. The standard InChI is InChI=1S/C16H25NO/c1-2-3-5-11-15-12-8-13-16(17(15)18)14-9-6-4-7-10-14/h8,12-14H,2-7,9-11H2,1H3. The number of rotatable bonds is 5. The Morgan fingerprint density at radius 3 is 2.67 bits per heavy atom. The molecule has 0 spiro atoms. The van der Waals surface area contributed by atoms with Gasteiger partial charge in [-0.3, -0.25) is 0 Å². The fraction of sp³-hybridized carbons (Fsp3) is 0.688. The normalized spacial score (nSPS) is 16.9. The van der Waals surface area contributed by atoms with Crippen LogP contribution in [0.25, 0.3) is 0 Å². The number of aromatic nitrogens is 1. The van der Waals surface area contributed by atoms with Crippen molar-refractivity contribution in [1.29, 1.82) is 0 Å². The molecule has 18 heavy (non-hydrogen) atoms. The maximum Gasteiger partial charge on any atom is 0.196 e. The van der Waals surface area contributed by atoms with Crippen LogP contribution in [0.4, 0.5) is 0 Å². The molecule has 1 heterocycles. The molecule has 2 nitrogen and oxygen atoms in total. The average Bonchev–Trinajstić information content (AvgIpc) is 2.42. The summed E-state index contributed by atoms with van der Waals surface area (Å²) < 4.78 is 1.23. The first-order valence-electron chi connectivity index (χ1n) is 7.54. The largest absolute Gasteiger partial charge is 0.618 e. The number of pyridine rings is 1. The highest BCUT2D eigenvalue weighted by Gasteiger charge is 2.23. The van der Waals surface area contributed by atoms with Gasteiger partial charge in [-0.1, -0.05) is 39.0 Å². The van der Waals surface area contributed by atoms with Crippen LogP contribution in [-0.2, 0) is 6.42 Å². The SMILES string of the molecule is CCCCCc1cccc(C2CCCCC2)[n+]1[O-]. The molecule has 2 rings (SSSR count). The third kappa shape index (κ3) is 3.24. The first-order chi connectivity index (χ1) is 8.83. The zero-order valence-corrected chi connectivity index (χ0v) is 11.5. The number of hydrogen-bond acceptors (Lipinski definition) is 1. The molecule has 2 heteroatoms. The summed E-state index contributed by atoms with van der Waals surface area (Å²) in [6.07, 6.45) is 10.8. The Bertz CT molecular complexity index is 369. The summed E-state index contributed by atoms with van der Waals surface area (Å²) in [5.41, 5.74) is 1.98. The van der Waals surface area contributed by atoms with E-state index in [0.29, 0.717) is 5.92 Å². The minimum absolute atomic E-state index is 0.502. The summed E-state index contributed by atoms with van der Waals surface area (Å²) in [6, 6.07) is 6.10. The predicted octanol–water partition coefficient (Wildman–Crippen LogP) is 4.10. The Balaban J connectivity index is 2.08. The first-order valence-corrected chi connectivity index (χ1v) is 7.54. The van der Waals surface area contributed by atoms with Crippen molar-refractivity contribution in [1.82, 2.24) is 0 Å². The average molecular weight is 247 g/mol. The Hall–Kier alpha value is -1.05. The highest BCUT2D eigenvalue weighted by molar-refractivity contribution is 5.09. The molecule has 1 fully saturated rings. The van der Waals surface area contributed by atoms with E-state index in [1.54, 1.807) is 0 Å². The van der Waals surface area contributed by atoms with Crippen molar-refractivity contribution in [3.05, 3.63) is 34.8 Å². The van der Waals surface area contributed by atoms with Gasteiger partial charge in [0, 0.05) is 24.5 Å². The van der Waals surface area contributed by atoms with E-state index in [-0.39, 0.29) is 0 Å². The molecule has 1 saturated carbocycles. The molecule has 0 bridgehead atoms. The zero-order valence-electron chi connectivity index (χ0n) is 11.5. The van der Waals surface area contributed by atoms with E-state index in [9.17, 15) is 5.21 Å². The summed E-state index contributed by atoms with van der Waals surface area (Å²) in [5.74, 6) is 0.502. The molecule has 1 aromatic rings. The molecular weight excluding hydrogens is 222 g/mol. The Morgan fingerprint density at radius 1 is 1.17 bits per heavy atom. The van der Waals surface area contributed by atoms with Gasteiger partial charge in [0.2, 0.25) is 0 Å². The highest BCUT2D eigenvalue weighted by atomic mass is 16.5. The molecule has 1 aliphatic carbocycles. The molecule has 0 unspecified atom stereocenters. The Labute approximate surface area is 111 Å². The van der Waals surface area contributed by atoms with Gasteiger partial charge in [0.05, 0.1) is 0 Å². The van der Waals surface area contributed by atoms with Gasteiger partial charge in [0.1, 0.15) is 0 Å². The van der Waals surface area contributed by atoms with Crippen LogP contribution < -0.4 is 4.73 Å². The summed E-state index contributed by atoms with van der Waals surface area (Å²) in [7, 11) is 0. The lowest BCUT2D eigenvalue weighted by atomic mass is 9.86. The molecule has 100 valence electrons. The molecule has 0 amide bonds. The van der Waals surface area contributed by atoms with Crippen LogP contribution in [-0.4, -0.2) is 0 Å². The third-order valence-electron chi connectivity index (χ3n) is 4.11. The van der Waals surface area contributed by atoms with Gasteiger partial charge in [0.15, 0.2) is 11.4 Å². The van der Waals surface area contributed by atoms with Crippen LogP contribution in [0.1, 0.15) is 75.6 Å². The molecule has 0 atom stereocenters. The molecule has 0 saturated heterocycles. The summed E-state index contributed by atoms with van der Waals surface area (Å²) >= 11 is 0. The second-order valence-corrected chi connectivity index (χ2v) is 5.53. The summed E-state index contributed by atoms with van der Waals surface area (Å²) in [6.45, 7) is 2.20. The van der Waals surface area contributed by atoms with E-state index in [1.807, 2.05) is 12.1 Å². The smallest absolute Gasteiger partial charge is 0.196 e. The quantitative estimate of drug-likeness (QED) is 0.437. The molecular formula is C16H25NO. The first kappa shape index (κ1) is 13.4. The van der Waals surface area contributed by atoms with Crippen molar-refractivity contribution in [3.63, 3.8) is 0 Å². The molecule has 0 N–H and O–H groups in total. The molecule has 0 aliphatic heterocycles. The van der Waals surface area contributed by atoms with E-state index >= 15 is 0 Å². The van der Waals surface area contributed by atoms with Crippen molar-refractivity contribution in [2.45, 2.75) is 70.6 Å². The van der Waals surface area contributed by atoms with Crippen molar-refractivity contribution in [2.75, 3.05) is 0 Å². The lowest BCUT2D eigenvalue weighted by Gasteiger charge is -2.21. The van der Waals surface area contributed by atoms with Crippen LogP contribution in [0.3, 0.4) is 0 Å². The van der Waals surface area contributed by atoms with Crippen molar-refractivity contribution < 1.29 is 4.73 Å². The lowest BCUT2D eigenvalue weighted by Crippen LogP contribution is -2.38. The number of aryl methyl sites for hydroxylation is 1. The van der Waals surface area contributed by atoms with E-state index < -0.39 is 0 Å². The van der Waals surface area contributed by atoms with Gasteiger partial charge in [-0.25, -0.2) is 0 Å². The highest BCUT2D eigenvalue weighted by Crippen LogP contribution is 2.30. The van der Waals surface area contributed by atoms with Crippen molar-refractivity contribution >= 4 is 0 Å². The molecule has 0 aromatic carbocycles. The minimum Gasteiger partial charge on any atom is -0.618 e. The number of nitrogens with zero attached hydrogens (tertiary/aromatic N) is 1. The lowest BCUT2D eigenvalue weighted by molar-refractivity contribution is -0.624. The predicted molar refractivity (Wildman–Crippen MR) is 74.5 cm³/mol. The van der Waals surface area contributed by atoms with Gasteiger partial charge >= 0.3 is 0 Å². The van der Waals surface area contributed by atoms with E-state index in [0.717, 1.165) is 24.2 Å². The molecule has 1 aromatic heterocycles. The molecule has 1 aliphatic rings. The Morgan fingerprint density at radius 2 is 1.94 bits per heavy atom. The number of unbranched alkanes of at least 4 members (excludes halogenated alkanes) is 2. The van der Waals surface area contributed by atoms with Gasteiger partial charge in [-0.15, -0.1) is 0 Å². The fourth-order valence-corrected chi connectivity index (χ4v) is 3.00. The second kappa shape index (κ2) is 6.77. The zero-order chi connectivity index (χ0) is 12.8. The minimum atomic E-state index is 0.502. The van der Waals surface area contributed by atoms with Crippen LogP contribution in [0, 0.1) is 5.21 Å². The Kier molecular flexibility index (Phi) is 5.03. The van der Waals surface area contributed by atoms with Crippen molar-refractivity contribution in [3.8, 4) is 0 Å². The van der Waals surface area contributed by atoms with E-state index in [4.69, 9.17) is 0 Å². The topological polar surface area (TPSA) is 26.9 Å². The maximum atomic E-state index is 12.4. The summed E-state index contributed by atoms with van der Waals surface area (Å²) in [5, 5.41) is 12.4. The summed E-state index contributed by atoms with van der Waals surface area (Å²) in [4.78, 5) is 0. The third-order valence-corrected chi connectivity index (χ3v) is 4.11. The van der Waals surface area contributed by atoms with Crippen molar-refractivity contribution in [2.24, 2.45) is 0 Å². The van der Waals surface area contributed by atoms with Gasteiger partial charge in [-0.05, 0) is 25.3 Å². The van der Waals surface area contributed by atoms with Gasteiger partial charge in [-0.2, -0.15) is 4.73 Å². The van der Waals surface area contributed by atoms with E-state index in [2.05, 4.69) is 13.0 Å².